The number of carbonyl (C=O) groups is 2. The van der Waals surface area contributed by atoms with Gasteiger partial charge in [0.25, 0.3) is 0 Å². The summed E-state index contributed by atoms with van der Waals surface area (Å²) in [5.41, 5.74) is 0.581. The van der Waals surface area contributed by atoms with E-state index in [-0.39, 0.29) is 0 Å². The van der Waals surface area contributed by atoms with Gasteiger partial charge in [0.2, 0.25) is 0 Å². The van der Waals surface area contributed by atoms with Crippen molar-refractivity contribution in [2.75, 3.05) is 25.5 Å². The second-order valence-electron chi connectivity index (χ2n) is 4.47. The van der Waals surface area contributed by atoms with Crippen LogP contribution in [0.4, 0.5) is 5.69 Å². The van der Waals surface area contributed by atoms with Crippen molar-refractivity contribution in [3.8, 4) is 5.75 Å². The van der Waals surface area contributed by atoms with Crippen LogP contribution in [0.2, 0.25) is 0 Å². The highest BCUT2D eigenvalue weighted by Gasteiger charge is 2.20. The molecule has 2 amide bonds. The van der Waals surface area contributed by atoms with Crippen LogP contribution in [0.25, 0.3) is 0 Å². The summed E-state index contributed by atoms with van der Waals surface area (Å²) in [5, 5.41) is 2.60. The number of hydrogen-bond donors (Lipinski definition) is 1. The Morgan fingerprint density at radius 3 is 2.10 bits per heavy atom. The van der Waals surface area contributed by atoms with Gasteiger partial charge < -0.3 is 15.0 Å². The molecule has 1 N–H and O–H groups in total. The second kappa shape index (κ2) is 8.19. The van der Waals surface area contributed by atoms with E-state index in [0.717, 1.165) is 12.8 Å². The number of ether oxygens (including phenoxy) is 1. The van der Waals surface area contributed by atoms with E-state index in [1.807, 2.05) is 13.8 Å². The van der Waals surface area contributed by atoms with Crippen LogP contribution in [-0.4, -0.2) is 36.9 Å². The molecule has 0 bridgehead atoms. The monoisotopic (exact) mass is 278 g/mol. The molecule has 0 radical (unpaired) electrons. The Labute approximate surface area is 119 Å². The van der Waals surface area contributed by atoms with Gasteiger partial charge in [0.15, 0.2) is 0 Å². The first-order valence-electron chi connectivity index (χ1n) is 6.86. The van der Waals surface area contributed by atoms with Crippen molar-refractivity contribution in [3.63, 3.8) is 0 Å². The third-order valence-electron chi connectivity index (χ3n) is 2.82. The molecule has 0 fully saturated rings. The number of benzene rings is 1. The molecule has 1 aromatic rings. The van der Waals surface area contributed by atoms with Gasteiger partial charge in [0, 0.05) is 18.8 Å². The van der Waals surface area contributed by atoms with Crippen LogP contribution in [0.15, 0.2) is 24.3 Å². The Morgan fingerprint density at radius 2 is 1.65 bits per heavy atom. The molecule has 0 saturated carbocycles. The zero-order valence-corrected chi connectivity index (χ0v) is 12.3. The zero-order chi connectivity index (χ0) is 15.0. The highest BCUT2D eigenvalue weighted by atomic mass is 16.5. The Balaban J connectivity index is 2.65. The average Bonchev–Trinajstić information content (AvgIpc) is 2.47. The molecule has 0 unspecified atom stereocenters. The summed E-state index contributed by atoms with van der Waals surface area (Å²) >= 11 is 0. The van der Waals surface area contributed by atoms with Gasteiger partial charge in [-0.1, -0.05) is 13.8 Å². The minimum absolute atomic E-state index is 0.482. The summed E-state index contributed by atoms with van der Waals surface area (Å²) in [6, 6.07) is 6.87. The fraction of sp³-hybridized carbons (Fsp3) is 0.467. The molecule has 5 heteroatoms. The molecule has 0 heterocycles. The fourth-order valence-electron chi connectivity index (χ4n) is 1.86. The summed E-state index contributed by atoms with van der Waals surface area (Å²) in [6.07, 6.45) is 1.67. The Hall–Kier alpha value is -2.04. The zero-order valence-electron chi connectivity index (χ0n) is 12.3. The first-order chi connectivity index (χ1) is 9.62. The third-order valence-corrected chi connectivity index (χ3v) is 2.82. The van der Waals surface area contributed by atoms with Crippen LogP contribution >= 0.6 is 0 Å². The van der Waals surface area contributed by atoms with E-state index >= 15 is 0 Å². The van der Waals surface area contributed by atoms with Crippen molar-refractivity contribution < 1.29 is 14.3 Å². The quantitative estimate of drug-likeness (QED) is 0.812. The molecule has 20 heavy (non-hydrogen) atoms. The minimum atomic E-state index is -0.600. The molecule has 0 atom stereocenters. The van der Waals surface area contributed by atoms with Gasteiger partial charge in [-0.15, -0.1) is 0 Å². The van der Waals surface area contributed by atoms with Gasteiger partial charge in [0.05, 0.1) is 7.11 Å². The number of amides is 2. The van der Waals surface area contributed by atoms with Crippen molar-refractivity contribution in [1.82, 2.24) is 4.90 Å². The van der Waals surface area contributed by atoms with Crippen LogP contribution in [-0.2, 0) is 9.59 Å². The maximum Gasteiger partial charge on any atom is 0.313 e. The van der Waals surface area contributed by atoms with Crippen LogP contribution < -0.4 is 10.1 Å². The minimum Gasteiger partial charge on any atom is -0.497 e. The van der Waals surface area contributed by atoms with Crippen LogP contribution in [0.5, 0.6) is 5.75 Å². The average molecular weight is 278 g/mol. The van der Waals surface area contributed by atoms with Gasteiger partial charge in [-0.2, -0.15) is 0 Å². The lowest BCUT2D eigenvalue weighted by Crippen LogP contribution is -2.40. The predicted molar refractivity (Wildman–Crippen MR) is 78.8 cm³/mol. The molecular weight excluding hydrogens is 256 g/mol. The largest absolute Gasteiger partial charge is 0.497 e. The maximum absolute atomic E-state index is 12.0. The van der Waals surface area contributed by atoms with Crippen molar-refractivity contribution in [3.05, 3.63) is 24.3 Å². The Bertz CT molecular complexity index is 437. The fourth-order valence-corrected chi connectivity index (χ4v) is 1.86. The van der Waals surface area contributed by atoms with Gasteiger partial charge in [0.1, 0.15) is 5.75 Å². The van der Waals surface area contributed by atoms with E-state index in [1.165, 1.54) is 0 Å². The van der Waals surface area contributed by atoms with Gasteiger partial charge in [-0.3, -0.25) is 9.59 Å². The van der Waals surface area contributed by atoms with Gasteiger partial charge in [-0.25, -0.2) is 0 Å². The van der Waals surface area contributed by atoms with E-state index in [1.54, 1.807) is 36.3 Å². The van der Waals surface area contributed by atoms with Gasteiger partial charge in [-0.05, 0) is 37.1 Å². The van der Waals surface area contributed by atoms with E-state index in [9.17, 15) is 9.59 Å². The Morgan fingerprint density at radius 1 is 1.10 bits per heavy atom. The molecule has 1 rings (SSSR count). The van der Waals surface area contributed by atoms with Gasteiger partial charge >= 0.3 is 11.8 Å². The SMILES string of the molecule is CCCN(CCC)C(=O)C(=O)Nc1ccc(OC)cc1. The summed E-state index contributed by atoms with van der Waals surface area (Å²) in [5.74, 6) is -0.380. The van der Waals surface area contributed by atoms with Crippen LogP contribution in [0.3, 0.4) is 0 Å². The molecule has 5 nitrogen and oxygen atoms in total. The normalized spacial score (nSPS) is 9.95. The first kappa shape index (κ1) is 16.0. The summed E-state index contributed by atoms with van der Waals surface area (Å²) < 4.78 is 5.04. The molecule has 110 valence electrons. The number of nitrogens with zero attached hydrogens (tertiary/aromatic N) is 1. The highest BCUT2D eigenvalue weighted by molar-refractivity contribution is 6.39. The van der Waals surface area contributed by atoms with Crippen molar-refractivity contribution >= 4 is 17.5 Å². The Kier molecular flexibility index (Phi) is 6.56. The number of methoxy groups -OCH3 is 1. The first-order valence-corrected chi connectivity index (χ1v) is 6.86. The number of hydrogen-bond acceptors (Lipinski definition) is 3. The number of rotatable bonds is 6. The predicted octanol–water partition coefficient (Wildman–Crippen LogP) is 2.28. The van der Waals surface area contributed by atoms with E-state index < -0.39 is 11.8 Å². The highest BCUT2D eigenvalue weighted by Crippen LogP contribution is 2.15. The van der Waals surface area contributed by atoms with Crippen molar-refractivity contribution in [1.29, 1.82) is 0 Å². The lowest BCUT2D eigenvalue weighted by atomic mass is 10.3. The lowest BCUT2D eigenvalue weighted by Gasteiger charge is -2.20. The third kappa shape index (κ3) is 4.57. The molecule has 0 aromatic heterocycles. The number of nitrogens with one attached hydrogen (secondary N) is 1. The number of carbonyl (C=O) groups excluding carboxylic acids is 2. The molecule has 1 aromatic carbocycles. The standard InChI is InChI=1S/C15H22N2O3/c1-4-10-17(11-5-2)15(19)14(18)16-12-6-8-13(20-3)9-7-12/h6-9H,4-5,10-11H2,1-3H3,(H,16,18). The molecule has 0 aliphatic heterocycles. The molecular formula is C15H22N2O3. The van der Waals surface area contributed by atoms with E-state index in [2.05, 4.69) is 5.32 Å². The summed E-state index contributed by atoms with van der Waals surface area (Å²) in [7, 11) is 1.57. The van der Waals surface area contributed by atoms with E-state index in [4.69, 9.17) is 4.74 Å². The molecule has 0 aliphatic rings. The summed E-state index contributed by atoms with van der Waals surface area (Å²) in [6.45, 7) is 5.17. The number of anilines is 1. The topological polar surface area (TPSA) is 58.6 Å². The van der Waals surface area contributed by atoms with Crippen LogP contribution in [0.1, 0.15) is 26.7 Å². The molecule has 0 aliphatic carbocycles. The maximum atomic E-state index is 12.0. The molecule has 0 spiro atoms. The smallest absolute Gasteiger partial charge is 0.313 e. The summed E-state index contributed by atoms with van der Waals surface area (Å²) in [4.78, 5) is 25.5. The second-order valence-corrected chi connectivity index (χ2v) is 4.47. The molecule has 0 saturated heterocycles. The van der Waals surface area contributed by atoms with Crippen molar-refractivity contribution in [2.24, 2.45) is 0 Å². The lowest BCUT2D eigenvalue weighted by molar-refractivity contribution is -0.143. The van der Waals surface area contributed by atoms with Crippen LogP contribution in [0, 0.1) is 0 Å². The van der Waals surface area contributed by atoms with Crippen molar-refractivity contribution in [2.45, 2.75) is 26.7 Å². The van der Waals surface area contributed by atoms with E-state index in [0.29, 0.717) is 24.5 Å².